The topological polar surface area (TPSA) is 59.5 Å². The summed E-state index contributed by atoms with van der Waals surface area (Å²) in [4.78, 5) is 30.2. The van der Waals surface area contributed by atoms with Crippen LogP contribution >= 0.6 is 11.3 Å². The van der Waals surface area contributed by atoms with Gasteiger partial charge < -0.3 is 9.64 Å². The number of likely N-dealkylation sites (tertiary alicyclic amines) is 1. The first-order valence-electron chi connectivity index (χ1n) is 6.89. The third-order valence-corrected chi connectivity index (χ3v) is 4.61. The van der Waals surface area contributed by atoms with E-state index in [1.165, 1.54) is 18.4 Å². The van der Waals surface area contributed by atoms with Crippen molar-refractivity contribution in [1.29, 1.82) is 0 Å². The van der Waals surface area contributed by atoms with E-state index in [-0.39, 0.29) is 17.8 Å². The van der Waals surface area contributed by atoms with Crippen LogP contribution in [0.1, 0.15) is 23.2 Å². The first kappa shape index (κ1) is 14.0. The highest BCUT2D eigenvalue weighted by Gasteiger charge is 2.29. The Kier molecular flexibility index (Phi) is 3.88. The highest BCUT2D eigenvalue weighted by Crippen LogP contribution is 2.23. The summed E-state index contributed by atoms with van der Waals surface area (Å²) < 4.78 is 5.79. The highest BCUT2D eigenvalue weighted by molar-refractivity contribution is 7.16. The minimum Gasteiger partial charge on any atom is -0.469 e. The first-order valence-corrected chi connectivity index (χ1v) is 7.77. The molecular weight excluding hydrogens is 288 g/mol. The summed E-state index contributed by atoms with van der Waals surface area (Å²) in [7, 11) is 1.39. The van der Waals surface area contributed by atoms with Gasteiger partial charge in [-0.2, -0.15) is 0 Å². The molecule has 1 fully saturated rings. The predicted molar refractivity (Wildman–Crippen MR) is 80.3 cm³/mol. The van der Waals surface area contributed by atoms with Gasteiger partial charge in [-0.25, -0.2) is 4.98 Å². The fraction of sp³-hybridized carbons (Fsp3) is 0.400. The fourth-order valence-electron chi connectivity index (χ4n) is 2.69. The van der Waals surface area contributed by atoms with E-state index >= 15 is 0 Å². The standard InChI is InChI=1S/C15H16N2O3S/c1-20-15(19)11-3-2-6-17(8-11)14(18)10-4-5-12-13(7-10)21-9-16-12/h4-5,7,9,11H,2-3,6,8H2,1H3/t11-/m0/s1. The monoisotopic (exact) mass is 304 g/mol. The lowest BCUT2D eigenvalue weighted by Gasteiger charge is -2.31. The lowest BCUT2D eigenvalue weighted by Crippen LogP contribution is -2.42. The summed E-state index contributed by atoms with van der Waals surface area (Å²) in [6.07, 6.45) is 1.61. The maximum atomic E-state index is 12.6. The number of aromatic nitrogens is 1. The third-order valence-electron chi connectivity index (χ3n) is 3.82. The van der Waals surface area contributed by atoms with Gasteiger partial charge in [-0.3, -0.25) is 9.59 Å². The van der Waals surface area contributed by atoms with Crippen LogP contribution < -0.4 is 0 Å². The first-order chi connectivity index (χ1) is 10.2. The van der Waals surface area contributed by atoms with Crippen molar-refractivity contribution in [3.63, 3.8) is 0 Å². The van der Waals surface area contributed by atoms with E-state index < -0.39 is 0 Å². The molecule has 0 saturated carbocycles. The van der Waals surface area contributed by atoms with Gasteiger partial charge in [-0.15, -0.1) is 11.3 Å². The summed E-state index contributed by atoms with van der Waals surface area (Å²) in [5, 5.41) is 0. The molecule has 0 radical (unpaired) electrons. The predicted octanol–water partition coefficient (Wildman–Crippen LogP) is 2.32. The molecule has 0 spiro atoms. The number of fused-ring (bicyclic) bond motifs is 1. The van der Waals surface area contributed by atoms with E-state index in [0.717, 1.165) is 23.1 Å². The van der Waals surface area contributed by atoms with Gasteiger partial charge in [0.1, 0.15) is 0 Å². The molecule has 21 heavy (non-hydrogen) atoms. The lowest BCUT2D eigenvalue weighted by atomic mass is 9.97. The van der Waals surface area contributed by atoms with Crippen molar-refractivity contribution in [3.05, 3.63) is 29.3 Å². The fourth-order valence-corrected chi connectivity index (χ4v) is 3.41. The molecule has 1 amide bonds. The number of hydrogen-bond donors (Lipinski definition) is 0. The molecule has 1 aliphatic heterocycles. The Morgan fingerprint density at radius 1 is 1.43 bits per heavy atom. The second-order valence-electron chi connectivity index (χ2n) is 5.15. The van der Waals surface area contributed by atoms with Crippen LogP contribution in [0.2, 0.25) is 0 Å². The SMILES string of the molecule is COC(=O)[C@H]1CCCN(C(=O)c2ccc3ncsc3c2)C1. The Morgan fingerprint density at radius 2 is 2.29 bits per heavy atom. The van der Waals surface area contributed by atoms with Gasteiger partial charge in [0, 0.05) is 18.7 Å². The van der Waals surface area contributed by atoms with E-state index in [1.54, 1.807) is 16.5 Å². The van der Waals surface area contributed by atoms with Crippen LogP contribution in [-0.4, -0.2) is 42.0 Å². The molecule has 110 valence electrons. The number of amides is 1. The second-order valence-corrected chi connectivity index (χ2v) is 6.03. The molecule has 2 heterocycles. The number of piperidine rings is 1. The molecule has 0 aliphatic carbocycles. The van der Waals surface area contributed by atoms with Crippen LogP contribution in [0, 0.1) is 5.92 Å². The average Bonchev–Trinajstić information content (AvgIpc) is 3.01. The van der Waals surface area contributed by atoms with Gasteiger partial charge in [0.05, 0.1) is 28.8 Å². The molecule has 1 aliphatic rings. The van der Waals surface area contributed by atoms with Crippen molar-refractivity contribution in [2.24, 2.45) is 5.92 Å². The van der Waals surface area contributed by atoms with Crippen molar-refractivity contribution in [2.75, 3.05) is 20.2 Å². The number of ether oxygens (including phenoxy) is 1. The van der Waals surface area contributed by atoms with Crippen molar-refractivity contribution in [2.45, 2.75) is 12.8 Å². The molecule has 5 nitrogen and oxygen atoms in total. The molecule has 0 bridgehead atoms. The number of methoxy groups -OCH3 is 1. The molecule has 1 aromatic heterocycles. The summed E-state index contributed by atoms with van der Waals surface area (Å²) >= 11 is 1.52. The summed E-state index contributed by atoms with van der Waals surface area (Å²) in [6.45, 7) is 1.12. The van der Waals surface area contributed by atoms with Crippen LogP contribution in [-0.2, 0) is 9.53 Å². The summed E-state index contributed by atoms with van der Waals surface area (Å²) in [5.41, 5.74) is 3.33. The zero-order chi connectivity index (χ0) is 14.8. The van der Waals surface area contributed by atoms with Gasteiger partial charge in [0.15, 0.2) is 0 Å². The molecule has 3 rings (SSSR count). The number of thiazole rings is 1. The van der Waals surface area contributed by atoms with Gasteiger partial charge >= 0.3 is 5.97 Å². The van der Waals surface area contributed by atoms with Crippen molar-refractivity contribution in [1.82, 2.24) is 9.88 Å². The molecule has 6 heteroatoms. The molecule has 2 aromatic rings. The largest absolute Gasteiger partial charge is 0.469 e. The molecular formula is C15H16N2O3S. The van der Waals surface area contributed by atoms with E-state index in [0.29, 0.717) is 18.7 Å². The van der Waals surface area contributed by atoms with Gasteiger partial charge in [-0.05, 0) is 31.0 Å². The van der Waals surface area contributed by atoms with Gasteiger partial charge in [-0.1, -0.05) is 0 Å². The Balaban J connectivity index is 1.78. The Morgan fingerprint density at radius 3 is 3.10 bits per heavy atom. The molecule has 0 unspecified atom stereocenters. The van der Waals surface area contributed by atoms with Gasteiger partial charge in [0.25, 0.3) is 5.91 Å². The summed E-state index contributed by atoms with van der Waals surface area (Å²) in [5.74, 6) is -0.468. The highest BCUT2D eigenvalue weighted by atomic mass is 32.1. The van der Waals surface area contributed by atoms with E-state index in [4.69, 9.17) is 4.74 Å². The van der Waals surface area contributed by atoms with Crippen LogP contribution in [0.4, 0.5) is 0 Å². The third kappa shape index (κ3) is 2.76. The zero-order valence-electron chi connectivity index (χ0n) is 11.7. The number of rotatable bonds is 2. The van der Waals surface area contributed by atoms with Crippen molar-refractivity contribution >= 4 is 33.4 Å². The normalized spacial score (nSPS) is 18.7. The number of benzene rings is 1. The quantitative estimate of drug-likeness (QED) is 0.799. The van der Waals surface area contributed by atoms with Crippen molar-refractivity contribution in [3.8, 4) is 0 Å². The number of esters is 1. The molecule has 1 aromatic carbocycles. The van der Waals surface area contributed by atoms with Crippen LogP contribution in [0.15, 0.2) is 23.7 Å². The Bertz CT molecular complexity index is 682. The maximum Gasteiger partial charge on any atom is 0.310 e. The van der Waals surface area contributed by atoms with Crippen LogP contribution in [0.25, 0.3) is 10.2 Å². The van der Waals surface area contributed by atoms with Crippen LogP contribution in [0.3, 0.4) is 0 Å². The van der Waals surface area contributed by atoms with Crippen molar-refractivity contribution < 1.29 is 14.3 Å². The van der Waals surface area contributed by atoms with E-state index in [9.17, 15) is 9.59 Å². The minimum absolute atomic E-state index is 0.0288. The maximum absolute atomic E-state index is 12.6. The van der Waals surface area contributed by atoms with Crippen LogP contribution in [0.5, 0.6) is 0 Å². The van der Waals surface area contributed by atoms with Gasteiger partial charge in [0.2, 0.25) is 0 Å². The number of carbonyl (C=O) groups is 2. The Labute approximate surface area is 126 Å². The smallest absolute Gasteiger partial charge is 0.310 e. The zero-order valence-corrected chi connectivity index (χ0v) is 12.6. The lowest BCUT2D eigenvalue weighted by molar-refractivity contribution is -0.146. The number of carbonyl (C=O) groups excluding carboxylic acids is 2. The number of nitrogens with zero attached hydrogens (tertiary/aromatic N) is 2. The second kappa shape index (κ2) is 5.81. The molecule has 1 atom stereocenters. The Hall–Kier alpha value is -1.95. The molecule has 1 saturated heterocycles. The van der Waals surface area contributed by atoms with E-state index in [1.807, 2.05) is 12.1 Å². The molecule has 0 N–H and O–H groups in total. The average molecular weight is 304 g/mol. The minimum atomic E-state index is -0.231. The summed E-state index contributed by atoms with van der Waals surface area (Å²) in [6, 6.07) is 5.53. The number of hydrogen-bond acceptors (Lipinski definition) is 5. The van der Waals surface area contributed by atoms with E-state index in [2.05, 4.69) is 4.98 Å².